The number of hydrogen-bond acceptors (Lipinski definition) is 2. The van der Waals surface area contributed by atoms with E-state index in [-0.39, 0.29) is 5.91 Å². The second-order valence-corrected chi connectivity index (χ2v) is 3.91. The summed E-state index contributed by atoms with van der Waals surface area (Å²) in [5, 5.41) is 6.17. The van der Waals surface area contributed by atoms with Crippen molar-refractivity contribution in [3.05, 3.63) is 35.7 Å². The van der Waals surface area contributed by atoms with Crippen LogP contribution >= 0.6 is 0 Å². The van der Waals surface area contributed by atoms with Crippen LogP contribution in [0.1, 0.15) is 23.3 Å². The maximum atomic E-state index is 11.6. The number of amides is 1. The number of H-pyrrole nitrogens is 1. The first-order chi connectivity index (χ1) is 7.86. The topological polar surface area (TPSA) is 56.9 Å². The molecule has 1 aromatic rings. The lowest BCUT2D eigenvalue weighted by Crippen LogP contribution is -2.26. The van der Waals surface area contributed by atoms with Gasteiger partial charge >= 0.3 is 0 Å². The van der Waals surface area contributed by atoms with Crippen LogP contribution in [-0.2, 0) is 0 Å². The smallest absolute Gasteiger partial charge is 0.267 e. The molecule has 1 aliphatic rings. The van der Waals surface area contributed by atoms with Crippen molar-refractivity contribution in [2.45, 2.75) is 12.8 Å². The fourth-order valence-electron chi connectivity index (χ4n) is 1.80. The zero-order valence-corrected chi connectivity index (χ0v) is 9.25. The van der Waals surface area contributed by atoms with Crippen LogP contribution < -0.4 is 10.6 Å². The van der Waals surface area contributed by atoms with Crippen LogP contribution in [0.4, 0.5) is 0 Å². The van der Waals surface area contributed by atoms with Crippen molar-refractivity contribution >= 4 is 5.91 Å². The molecule has 2 rings (SSSR count). The Morgan fingerprint density at radius 3 is 3.12 bits per heavy atom. The van der Waals surface area contributed by atoms with Crippen molar-refractivity contribution in [1.82, 2.24) is 15.6 Å². The highest BCUT2D eigenvalue weighted by atomic mass is 16.1. The molecule has 0 atom stereocenters. The van der Waals surface area contributed by atoms with Crippen molar-refractivity contribution in [2.24, 2.45) is 0 Å². The van der Waals surface area contributed by atoms with Gasteiger partial charge in [0.15, 0.2) is 0 Å². The van der Waals surface area contributed by atoms with E-state index in [0.29, 0.717) is 12.2 Å². The van der Waals surface area contributed by atoms with Crippen LogP contribution in [0, 0.1) is 0 Å². The monoisotopic (exact) mass is 219 g/mol. The molecule has 0 spiro atoms. The molecule has 0 fully saturated rings. The summed E-state index contributed by atoms with van der Waals surface area (Å²) in [6.45, 7) is 2.72. The number of carbonyl (C=O) groups is 1. The fourth-order valence-corrected chi connectivity index (χ4v) is 1.80. The minimum Gasteiger partial charge on any atom is -0.357 e. The summed E-state index contributed by atoms with van der Waals surface area (Å²) in [5.41, 5.74) is 2.06. The molecule has 0 saturated heterocycles. The summed E-state index contributed by atoms with van der Waals surface area (Å²) < 4.78 is 0. The Morgan fingerprint density at radius 2 is 2.44 bits per heavy atom. The van der Waals surface area contributed by atoms with Gasteiger partial charge in [-0.2, -0.15) is 0 Å². The van der Waals surface area contributed by atoms with E-state index in [1.54, 1.807) is 12.3 Å². The van der Waals surface area contributed by atoms with Crippen LogP contribution in [0.3, 0.4) is 0 Å². The van der Waals surface area contributed by atoms with Crippen molar-refractivity contribution in [3.8, 4) is 0 Å². The van der Waals surface area contributed by atoms with Crippen molar-refractivity contribution < 1.29 is 4.79 Å². The Morgan fingerprint density at radius 1 is 1.50 bits per heavy atom. The number of hydrogen-bond donors (Lipinski definition) is 3. The number of nitrogens with one attached hydrogen (secondary N) is 3. The third-order valence-electron chi connectivity index (χ3n) is 2.73. The fraction of sp³-hybridized carbons (Fsp3) is 0.417. The summed E-state index contributed by atoms with van der Waals surface area (Å²) in [7, 11) is 0. The third kappa shape index (κ3) is 2.97. The lowest BCUT2D eigenvalue weighted by atomic mass is 10.1. The first kappa shape index (κ1) is 11.0. The van der Waals surface area contributed by atoms with Crippen LogP contribution in [-0.4, -0.2) is 30.5 Å². The van der Waals surface area contributed by atoms with Crippen molar-refractivity contribution in [3.63, 3.8) is 0 Å². The average Bonchev–Trinajstić information content (AvgIpc) is 2.84. The van der Waals surface area contributed by atoms with E-state index in [2.05, 4.69) is 21.7 Å². The maximum Gasteiger partial charge on any atom is 0.267 e. The van der Waals surface area contributed by atoms with Gasteiger partial charge < -0.3 is 15.6 Å². The van der Waals surface area contributed by atoms with E-state index in [9.17, 15) is 4.79 Å². The molecule has 4 heteroatoms. The van der Waals surface area contributed by atoms with Crippen LogP contribution in [0.5, 0.6) is 0 Å². The molecule has 0 unspecified atom stereocenters. The Labute approximate surface area is 95.1 Å². The van der Waals surface area contributed by atoms with Gasteiger partial charge in [-0.3, -0.25) is 4.79 Å². The molecule has 1 aliphatic heterocycles. The van der Waals surface area contributed by atoms with Crippen LogP contribution in [0.2, 0.25) is 0 Å². The van der Waals surface area contributed by atoms with Crippen LogP contribution in [0.25, 0.3) is 0 Å². The second kappa shape index (κ2) is 5.51. The first-order valence-corrected chi connectivity index (χ1v) is 5.66. The molecular weight excluding hydrogens is 202 g/mol. The van der Waals surface area contributed by atoms with Gasteiger partial charge in [0, 0.05) is 19.3 Å². The Hall–Kier alpha value is -1.55. The summed E-state index contributed by atoms with van der Waals surface area (Å²) in [6, 6.07) is 3.60. The summed E-state index contributed by atoms with van der Waals surface area (Å²) >= 11 is 0. The zero-order valence-electron chi connectivity index (χ0n) is 9.25. The quantitative estimate of drug-likeness (QED) is 0.663. The minimum absolute atomic E-state index is 0.0282. The SMILES string of the molecule is O=C(NCCC1=CCNCC1)c1ccc[nH]1. The number of rotatable bonds is 4. The molecule has 0 radical (unpaired) electrons. The predicted molar refractivity (Wildman–Crippen MR) is 63.3 cm³/mol. The normalized spacial score (nSPS) is 15.6. The van der Waals surface area contributed by atoms with Gasteiger partial charge in [0.2, 0.25) is 0 Å². The van der Waals surface area contributed by atoms with Gasteiger partial charge in [-0.05, 0) is 31.5 Å². The molecule has 4 nitrogen and oxygen atoms in total. The van der Waals surface area contributed by atoms with Gasteiger partial charge in [0.05, 0.1) is 0 Å². The predicted octanol–water partition coefficient (Wildman–Crippen LogP) is 1.05. The summed E-state index contributed by atoms with van der Waals surface area (Å²) in [6.07, 6.45) is 6.01. The first-order valence-electron chi connectivity index (χ1n) is 5.66. The van der Waals surface area contributed by atoms with E-state index in [0.717, 1.165) is 25.9 Å². The number of carbonyl (C=O) groups excluding carboxylic acids is 1. The molecule has 1 aromatic heterocycles. The molecule has 0 bridgehead atoms. The Kier molecular flexibility index (Phi) is 3.77. The van der Waals surface area contributed by atoms with E-state index in [1.807, 2.05) is 6.07 Å². The van der Waals surface area contributed by atoms with Crippen LogP contribution in [0.15, 0.2) is 30.0 Å². The van der Waals surface area contributed by atoms with Gasteiger partial charge in [-0.15, -0.1) is 0 Å². The summed E-state index contributed by atoms with van der Waals surface area (Å²) in [4.78, 5) is 14.5. The molecule has 0 saturated carbocycles. The largest absolute Gasteiger partial charge is 0.357 e. The number of aromatic amines is 1. The molecular formula is C12H17N3O. The van der Waals surface area contributed by atoms with E-state index < -0.39 is 0 Å². The molecule has 0 aliphatic carbocycles. The molecule has 86 valence electrons. The highest BCUT2D eigenvalue weighted by molar-refractivity contribution is 5.92. The van der Waals surface area contributed by atoms with E-state index in [4.69, 9.17) is 0 Å². The Bertz CT molecular complexity index is 368. The maximum absolute atomic E-state index is 11.6. The highest BCUT2D eigenvalue weighted by Gasteiger charge is 2.06. The lowest BCUT2D eigenvalue weighted by Gasteiger charge is -2.13. The Balaban J connectivity index is 1.72. The van der Waals surface area contributed by atoms with Crippen molar-refractivity contribution in [1.29, 1.82) is 0 Å². The minimum atomic E-state index is -0.0282. The second-order valence-electron chi connectivity index (χ2n) is 3.91. The third-order valence-corrected chi connectivity index (χ3v) is 2.73. The van der Waals surface area contributed by atoms with Gasteiger partial charge in [-0.25, -0.2) is 0 Å². The zero-order chi connectivity index (χ0) is 11.2. The molecule has 0 aromatic carbocycles. The summed E-state index contributed by atoms with van der Waals surface area (Å²) in [5.74, 6) is -0.0282. The highest BCUT2D eigenvalue weighted by Crippen LogP contribution is 2.07. The van der Waals surface area contributed by atoms with Gasteiger partial charge in [0.25, 0.3) is 5.91 Å². The molecule has 3 N–H and O–H groups in total. The van der Waals surface area contributed by atoms with E-state index >= 15 is 0 Å². The standard InChI is InChI=1S/C12H17N3O/c16-12(11-2-1-6-14-11)15-9-5-10-3-7-13-8-4-10/h1-3,6,13-14H,4-5,7-9H2,(H,15,16). The number of aromatic nitrogens is 1. The lowest BCUT2D eigenvalue weighted by molar-refractivity contribution is 0.0949. The van der Waals surface area contributed by atoms with Crippen molar-refractivity contribution in [2.75, 3.05) is 19.6 Å². The molecule has 16 heavy (non-hydrogen) atoms. The molecule has 1 amide bonds. The molecule has 2 heterocycles. The van der Waals surface area contributed by atoms with E-state index in [1.165, 1.54) is 5.57 Å². The average molecular weight is 219 g/mol. The van der Waals surface area contributed by atoms with Gasteiger partial charge in [-0.1, -0.05) is 11.6 Å². The van der Waals surface area contributed by atoms with Gasteiger partial charge in [0.1, 0.15) is 5.69 Å².